The van der Waals surface area contributed by atoms with E-state index in [9.17, 15) is 13.2 Å². The van der Waals surface area contributed by atoms with Crippen molar-refractivity contribution >= 4 is 5.71 Å². The van der Waals surface area contributed by atoms with Gasteiger partial charge in [0.2, 0.25) is 0 Å². The van der Waals surface area contributed by atoms with E-state index >= 15 is 0 Å². The Balaban J connectivity index is 1.42. The van der Waals surface area contributed by atoms with Crippen molar-refractivity contribution in [2.45, 2.75) is 25.3 Å². The molecule has 172 valence electrons. The molecule has 2 heterocycles. The molecular formula is C25H25F3N4O. The molecule has 8 heteroatoms. The van der Waals surface area contributed by atoms with Gasteiger partial charge in [-0.05, 0) is 49.7 Å². The summed E-state index contributed by atoms with van der Waals surface area (Å²) in [6.07, 6.45) is 7.36. The highest BCUT2D eigenvalue weighted by atomic mass is 19.2. The molecule has 3 aromatic rings. The number of piperidine rings is 1. The van der Waals surface area contributed by atoms with Crippen LogP contribution in [0.4, 0.5) is 13.2 Å². The Kier molecular flexibility index (Phi) is 7.67. The summed E-state index contributed by atoms with van der Waals surface area (Å²) in [6.45, 7) is 1.85. The monoisotopic (exact) mass is 454 g/mol. The second-order valence-electron chi connectivity index (χ2n) is 7.97. The Hall–Kier alpha value is -3.26. The third-order valence-electron chi connectivity index (χ3n) is 5.74. The Morgan fingerprint density at radius 2 is 1.76 bits per heavy atom. The van der Waals surface area contributed by atoms with Crippen LogP contribution >= 0.6 is 0 Å². The van der Waals surface area contributed by atoms with E-state index < -0.39 is 18.3 Å². The van der Waals surface area contributed by atoms with E-state index in [0.29, 0.717) is 22.8 Å². The van der Waals surface area contributed by atoms with Crippen LogP contribution in [0.5, 0.6) is 0 Å². The van der Waals surface area contributed by atoms with E-state index in [1.807, 2.05) is 30.5 Å². The molecule has 0 amide bonds. The number of rotatable bonds is 8. The molecule has 0 atom stereocenters. The van der Waals surface area contributed by atoms with Gasteiger partial charge in [-0.15, -0.1) is 0 Å². The van der Waals surface area contributed by atoms with Gasteiger partial charge in [0.25, 0.3) is 0 Å². The summed E-state index contributed by atoms with van der Waals surface area (Å²) in [7, 11) is 0. The van der Waals surface area contributed by atoms with Crippen molar-refractivity contribution in [3.05, 3.63) is 95.1 Å². The van der Waals surface area contributed by atoms with Gasteiger partial charge in [-0.25, -0.2) is 13.2 Å². The maximum absolute atomic E-state index is 13.8. The minimum Gasteiger partial charge on any atom is -0.392 e. The Bertz CT molecular complexity index is 1070. The van der Waals surface area contributed by atoms with Gasteiger partial charge in [0.15, 0.2) is 11.6 Å². The third-order valence-corrected chi connectivity index (χ3v) is 5.74. The number of nitrogens with zero attached hydrogens (tertiary/aromatic N) is 4. The van der Waals surface area contributed by atoms with Crippen LogP contribution < -0.4 is 0 Å². The molecule has 0 saturated carbocycles. The summed E-state index contributed by atoms with van der Waals surface area (Å²) in [5.74, 6) is -1.48. The molecule has 1 aliphatic heterocycles. The largest absolute Gasteiger partial charge is 0.392 e. The highest BCUT2D eigenvalue weighted by Crippen LogP contribution is 2.27. The molecule has 0 spiro atoms. The lowest BCUT2D eigenvalue weighted by Gasteiger charge is -2.31. The maximum atomic E-state index is 13.8. The fourth-order valence-corrected chi connectivity index (χ4v) is 3.99. The third kappa shape index (κ3) is 5.96. The minimum absolute atomic E-state index is 0.213. The number of halogens is 3. The smallest absolute Gasteiger partial charge is 0.159 e. The molecule has 0 unspecified atom stereocenters. The van der Waals surface area contributed by atoms with E-state index in [1.165, 1.54) is 6.07 Å². The normalized spacial score (nSPS) is 15.5. The number of aromatic nitrogens is 2. The zero-order chi connectivity index (χ0) is 23.0. The van der Waals surface area contributed by atoms with Crippen LogP contribution in [0.1, 0.15) is 41.1 Å². The molecule has 1 aromatic heterocycles. The SMILES string of the molecule is FCCO/N=C(/c1ccc(CN2CCC(c3cnccn3)CC2)cc1)c1ccc(F)c(F)c1. The van der Waals surface area contributed by atoms with E-state index in [1.54, 1.807) is 12.4 Å². The maximum Gasteiger partial charge on any atom is 0.159 e. The Morgan fingerprint density at radius 1 is 1.00 bits per heavy atom. The number of hydrogen-bond acceptors (Lipinski definition) is 5. The van der Waals surface area contributed by atoms with Crippen LogP contribution in [0.3, 0.4) is 0 Å². The molecule has 5 nitrogen and oxygen atoms in total. The van der Waals surface area contributed by atoms with Crippen LogP contribution in [0, 0.1) is 11.6 Å². The topological polar surface area (TPSA) is 50.6 Å². The fourth-order valence-electron chi connectivity index (χ4n) is 3.99. The highest BCUT2D eigenvalue weighted by Gasteiger charge is 2.21. The van der Waals surface area contributed by atoms with Crippen molar-refractivity contribution in [1.82, 2.24) is 14.9 Å². The molecule has 33 heavy (non-hydrogen) atoms. The van der Waals surface area contributed by atoms with E-state index in [-0.39, 0.29) is 6.61 Å². The number of hydrogen-bond donors (Lipinski definition) is 0. The molecule has 0 bridgehead atoms. The van der Waals surface area contributed by atoms with E-state index in [4.69, 9.17) is 4.84 Å². The lowest BCUT2D eigenvalue weighted by molar-refractivity contribution is 0.128. The zero-order valence-electron chi connectivity index (χ0n) is 18.1. The van der Waals surface area contributed by atoms with Crippen LogP contribution in [-0.2, 0) is 11.4 Å². The minimum atomic E-state index is -0.979. The van der Waals surface area contributed by atoms with Crippen molar-refractivity contribution in [2.24, 2.45) is 5.16 Å². The van der Waals surface area contributed by atoms with Crippen molar-refractivity contribution in [1.29, 1.82) is 0 Å². The number of benzene rings is 2. The standard InChI is InChI=1S/C25H25F3N4O/c26-9-14-33-31-25(21-5-6-22(27)23(28)15-21)20-3-1-18(2-4-20)17-32-12-7-19(8-13-32)24-16-29-10-11-30-24/h1-6,10-11,15-16,19H,7-9,12-14,17H2/b31-25-. The fraction of sp³-hybridized carbons (Fsp3) is 0.320. The lowest BCUT2D eigenvalue weighted by Crippen LogP contribution is -2.32. The van der Waals surface area contributed by atoms with Crippen molar-refractivity contribution in [3.8, 4) is 0 Å². The van der Waals surface area contributed by atoms with Crippen molar-refractivity contribution in [3.63, 3.8) is 0 Å². The van der Waals surface area contributed by atoms with Gasteiger partial charge >= 0.3 is 0 Å². The van der Waals surface area contributed by atoms with Crippen molar-refractivity contribution < 1.29 is 18.0 Å². The Labute approximate surface area is 190 Å². The van der Waals surface area contributed by atoms with Crippen LogP contribution in [-0.4, -0.2) is 47.0 Å². The Morgan fingerprint density at radius 3 is 2.42 bits per heavy atom. The highest BCUT2D eigenvalue weighted by molar-refractivity contribution is 6.12. The van der Waals surface area contributed by atoms with Crippen LogP contribution in [0.2, 0.25) is 0 Å². The van der Waals surface area contributed by atoms with Crippen molar-refractivity contribution in [2.75, 3.05) is 26.4 Å². The number of alkyl halides is 1. The number of likely N-dealkylation sites (tertiary alicyclic amines) is 1. The van der Waals surface area contributed by atoms with Gasteiger partial charge in [-0.3, -0.25) is 14.9 Å². The summed E-state index contributed by atoms with van der Waals surface area (Å²) in [5.41, 5.74) is 3.53. The van der Waals surface area contributed by atoms with Gasteiger partial charge in [-0.2, -0.15) is 0 Å². The molecule has 0 N–H and O–H groups in total. The zero-order valence-corrected chi connectivity index (χ0v) is 18.1. The first kappa shape index (κ1) is 22.9. The predicted octanol–water partition coefficient (Wildman–Crippen LogP) is 4.87. The molecule has 1 aliphatic rings. The molecular weight excluding hydrogens is 429 g/mol. The first-order chi connectivity index (χ1) is 16.1. The van der Waals surface area contributed by atoms with Gasteiger partial charge < -0.3 is 4.84 Å². The van der Waals surface area contributed by atoms with Gasteiger partial charge in [0.05, 0.1) is 5.69 Å². The second kappa shape index (κ2) is 11.0. The first-order valence-corrected chi connectivity index (χ1v) is 10.9. The van der Waals surface area contributed by atoms with Crippen LogP contribution in [0.25, 0.3) is 0 Å². The second-order valence-corrected chi connectivity index (χ2v) is 7.97. The predicted molar refractivity (Wildman–Crippen MR) is 120 cm³/mol. The number of oxime groups is 1. The van der Waals surface area contributed by atoms with E-state index in [0.717, 1.165) is 55.9 Å². The van der Waals surface area contributed by atoms with Gasteiger partial charge in [0, 0.05) is 42.2 Å². The summed E-state index contributed by atoms with van der Waals surface area (Å²) in [4.78, 5) is 16.0. The molecule has 1 fully saturated rings. The summed E-state index contributed by atoms with van der Waals surface area (Å²) >= 11 is 0. The summed E-state index contributed by atoms with van der Waals surface area (Å²) in [6, 6.07) is 11.2. The molecule has 1 saturated heterocycles. The molecule has 0 radical (unpaired) electrons. The lowest BCUT2D eigenvalue weighted by atomic mass is 9.93. The van der Waals surface area contributed by atoms with Gasteiger partial charge in [-0.1, -0.05) is 29.4 Å². The summed E-state index contributed by atoms with van der Waals surface area (Å²) < 4.78 is 39.6. The first-order valence-electron chi connectivity index (χ1n) is 10.9. The molecule has 2 aromatic carbocycles. The molecule has 0 aliphatic carbocycles. The molecule has 4 rings (SSSR count). The summed E-state index contributed by atoms with van der Waals surface area (Å²) in [5, 5.41) is 3.97. The van der Waals surface area contributed by atoms with Gasteiger partial charge in [0.1, 0.15) is 19.0 Å². The quantitative estimate of drug-likeness (QED) is 0.277. The average molecular weight is 454 g/mol. The van der Waals surface area contributed by atoms with Crippen LogP contribution in [0.15, 0.2) is 66.2 Å². The van der Waals surface area contributed by atoms with E-state index in [2.05, 4.69) is 20.0 Å². The average Bonchev–Trinajstić information content (AvgIpc) is 2.85.